The van der Waals surface area contributed by atoms with E-state index in [1.165, 1.54) is 0 Å². The first kappa shape index (κ1) is 16.4. The number of halogens is 9. The molecule has 1 aliphatic carbocycles. The molecule has 1 rings (SSSR count). The van der Waals surface area contributed by atoms with E-state index in [0.717, 1.165) is 6.92 Å². The van der Waals surface area contributed by atoms with Crippen LogP contribution in [-0.4, -0.2) is 18.5 Å². The number of hydrogen-bond donors (Lipinski definition) is 0. The molecule has 114 valence electrons. The Morgan fingerprint density at radius 3 is 1.47 bits per heavy atom. The SMILES string of the molecule is CC1CC(C(F)(F)F)CC(C(F)(F)F)C1C(F)(F)F. The highest BCUT2D eigenvalue weighted by molar-refractivity contribution is 4.93. The van der Waals surface area contributed by atoms with Gasteiger partial charge in [0, 0.05) is 0 Å². The average molecular weight is 302 g/mol. The van der Waals surface area contributed by atoms with Gasteiger partial charge < -0.3 is 0 Å². The Bertz CT molecular complexity index is 310. The van der Waals surface area contributed by atoms with Crippen molar-refractivity contribution in [2.75, 3.05) is 0 Å². The van der Waals surface area contributed by atoms with Gasteiger partial charge in [-0.05, 0) is 18.8 Å². The maximum absolute atomic E-state index is 12.6. The van der Waals surface area contributed by atoms with Crippen molar-refractivity contribution in [1.82, 2.24) is 0 Å². The summed E-state index contributed by atoms with van der Waals surface area (Å²) in [6.07, 6.45) is -17.8. The topological polar surface area (TPSA) is 0 Å². The second kappa shape index (κ2) is 4.73. The van der Waals surface area contributed by atoms with Gasteiger partial charge in [0.25, 0.3) is 0 Å². The first-order chi connectivity index (χ1) is 8.24. The van der Waals surface area contributed by atoms with E-state index < -0.39 is 55.0 Å². The molecule has 0 amide bonds. The molecule has 9 heteroatoms. The third kappa shape index (κ3) is 3.68. The normalized spacial score (nSPS) is 34.4. The third-order valence-electron chi connectivity index (χ3n) is 3.50. The van der Waals surface area contributed by atoms with Crippen LogP contribution in [0.15, 0.2) is 0 Å². The highest BCUT2D eigenvalue weighted by Gasteiger charge is 2.62. The van der Waals surface area contributed by atoms with Gasteiger partial charge in [-0.25, -0.2) is 0 Å². The summed E-state index contributed by atoms with van der Waals surface area (Å²) < 4.78 is 113. The van der Waals surface area contributed by atoms with E-state index in [2.05, 4.69) is 0 Å². The summed E-state index contributed by atoms with van der Waals surface area (Å²) in [5.74, 6) is -9.83. The monoisotopic (exact) mass is 302 g/mol. The molecule has 1 fully saturated rings. The van der Waals surface area contributed by atoms with Crippen LogP contribution < -0.4 is 0 Å². The van der Waals surface area contributed by atoms with Crippen LogP contribution in [0.5, 0.6) is 0 Å². The Morgan fingerprint density at radius 1 is 0.684 bits per heavy atom. The summed E-state index contributed by atoms with van der Waals surface area (Å²) in [6.45, 7) is 0.787. The van der Waals surface area contributed by atoms with Crippen LogP contribution >= 0.6 is 0 Å². The van der Waals surface area contributed by atoms with Gasteiger partial charge in [0.2, 0.25) is 0 Å². The highest BCUT2D eigenvalue weighted by atomic mass is 19.4. The summed E-state index contributed by atoms with van der Waals surface area (Å²) in [7, 11) is 0. The van der Waals surface area contributed by atoms with Crippen LogP contribution in [0.3, 0.4) is 0 Å². The molecular formula is C10H11F9. The number of rotatable bonds is 0. The molecule has 0 aromatic heterocycles. The van der Waals surface area contributed by atoms with Crippen molar-refractivity contribution in [3.8, 4) is 0 Å². The molecule has 0 spiro atoms. The molecule has 0 aliphatic heterocycles. The van der Waals surface area contributed by atoms with Crippen molar-refractivity contribution < 1.29 is 39.5 Å². The smallest absolute Gasteiger partial charge is 0.171 e. The molecule has 0 heterocycles. The standard InChI is InChI=1S/C10H11F9/c1-4-2-5(8(11,12)13)3-6(9(14,15)16)7(4)10(17,18)19/h4-7H,2-3H2,1H3. The fraction of sp³-hybridized carbons (Fsp3) is 1.00. The number of alkyl halides is 9. The molecule has 0 aromatic carbocycles. The van der Waals surface area contributed by atoms with E-state index in [4.69, 9.17) is 0 Å². The highest BCUT2D eigenvalue weighted by Crippen LogP contribution is 2.54. The average Bonchev–Trinajstić information content (AvgIpc) is 2.11. The van der Waals surface area contributed by atoms with Crippen molar-refractivity contribution in [3.63, 3.8) is 0 Å². The predicted molar refractivity (Wildman–Crippen MR) is 47.0 cm³/mol. The fourth-order valence-electron chi connectivity index (χ4n) is 2.70. The maximum Gasteiger partial charge on any atom is 0.392 e. The van der Waals surface area contributed by atoms with Crippen molar-refractivity contribution in [3.05, 3.63) is 0 Å². The first-order valence-corrected chi connectivity index (χ1v) is 5.44. The van der Waals surface area contributed by atoms with E-state index in [9.17, 15) is 39.5 Å². The van der Waals surface area contributed by atoms with Gasteiger partial charge >= 0.3 is 18.5 Å². The summed E-state index contributed by atoms with van der Waals surface area (Å²) in [4.78, 5) is 0. The minimum atomic E-state index is -5.29. The van der Waals surface area contributed by atoms with Crippen LogP contribution in [0.4, 0.5) is 39.5 Å². The fourth-order valence-corrected chi connectivity index (χ4v) is 2.70. The van der Waals surface area contributed by atoms with Gasteiger partial charge in [-0.1, -0.05) is 6.92 Å². The Hall–Kier alpha value is -0.630. The van der Waals surface area contributed by atoms with Crippen LogP contribution in [0, 0.1) is 23.7 Å². The summed E-state index contributed by atoms with van der Waals surface area (Å²) >= 11 is 0. The molecule has 1 aliphatic rings. The zero-order valence-corrected chi connectivity index (χ0v) is 9.63. The Balaban J connectivity index is 3.09. The van der Waals surface area contributed by atoms with Crippen LogP contribution in [0.2, 0.25) is 0 Å². The van der Waals surface area contributed by atoms with Crippen molar-refractivity contribution >= 4 is 0 Å². The van der Waals surface area contributed by atoms with Crippen LogP contribution in [-0.2, 0) is 0 Å². The lowest BCUT2D eigenvalue weighted by Crippen LogP contribution is -2.49. The molecule has 0 saturated heterocycles. The minimum Gasteiger partial charge on any atom is -0.171 e. The molecule has 0 radical (unpaired) electrons. The quantitative estimate of drug-likeness (QED) is 0.555. The van der Waals surface area contributed by atoms with Gasteiger partial charge in [0.1, 0.15) is 0 Å². The summed E-state index contributed by atoms with van der Waals surface area (Å²) in [5.41, 5.74) is 0. The second-order valence-corrected chi connectivity index (χ2v) is 4.90. The van der Waals surface area contributed by atoms with E-state index in [-0.39, 0.29) is 0 Å². The Kier molecular flexibility index (Phi) is 4.09. The lowest BCUT2D eigenvalue weighted by atomic mass is 9.67. The van der Waals surface area contributed by atoms with Crippen molar-refractivity contribution in [2.45, 2.75) is 38.3 Å². The van der Waals surface area contributed by atoms with E-state index in [1.807, 2.05) is 0 Å². The molecule has 4 unspecified atom stereocenters. The van der Waals surface area contributed by atoms with Gasteiger partial charge in [0.15, 0.2) is 0 Å². The van der Waals surface area contributed by atoms with Crippen molar-refractivity contribution in [1.29, 1.82) is 0 Å². The van der Waals surface area contributed by atoms with Gasteiger partial charge in [-0.3, -0.25) is 0 Å². The molecule has 1 saturated carbocycles. The molecule has 0 N–H and O–H groups in total. The molecule has 0 nitrogen and oxygen atoms in total. The maximum atomic E-state index is 12.6. The van der Waals surface area contributed by atoms with Gasteiger partial charge in [-0.2, -0.15) is 39.5 Å². The van der Waals surface area contributed by atoms with E-state index in [1.54, 1.807) is 0 Å². The van der Waals surface area contributed by atoms with Gasteiger partial charge in [0.05, 0.1) is 17.8 Å². The van der Waals surface area contributed by atoms with E-state index >= 15 is 0 Å². The zero-order valence-electron chi connectivity index (χ0n) is 9.63. The van der Waals surface area contributed by atoms with E-state index in [0.29, 0.717) is 0 Å². The predicted octanol–water partition coefficient (Wildman–Crippen LogP) is 4.95. The number of hydrogen-bond acceptors (Lipinski definition) is 0. The molecular weight excluding hydrogens is 291 g/mol. The van der Waals surface area contributed by atoms with Gasteiger partial charge in [-0.15, -0.1) is 0 Å². The third-order valence-corrected chi connectivity index (χ3v) is 3.50. The largest absolute Gasteiger partial charge is 0.392 e. The van der Waals surface area contributed by atoms with Crippen LogP contribution in [0.1, 0.15) is 19.8 Å². The Morgan fingerprint density at radius 2 is 1.16 bits per heavy atom. The molecule has 4 atom stereocenters. The minimum absolute atomic E-state index is 0.787. The molecule has 0 bridgehead atoms. The first-order valence-electron chi connectivity index (χ1n) is 5.44. The lowest BCUT2D eigenvalue weighted by Gasteiger charge is -2.42. The Labute approximate surface area is 103 Å². The van der Waals surface area contributed by atoms with Crippen molar-refractivity contribution in [2.24, 2.45) is 23.7 Å². The summed E-state index contributed by atoms with van der Waals surface area (Å²) in [5, 5.41) is 0. The molecule has 0 aromatic rings. The summed E-state index contributed by atoms with van der Waals surface area (Å²) in [6, 6.07) is 0. The second-order valence-electron chi connectivity index (χ2n) is 4.90. The zero-order chi connectivity index (χ0) is 15.2. The van der Waals surface area contributed by atoms with Crippen LogP contribution in [0.25, 0.3) is 0 Å². The molecule has 19 heavy (non-hydrogen) atoms. The lowest BCUT2D eigenvalue weighted by molar-refractivity contribution is -0.294.